The van der Waals surface area contributed by atoms with Gasteiger partial charge in [-0.15, -0.1) is 0 Å². The Morgan fingerprint density at radius 3 is 2.06 bits per heavy atom. The number of unbranched alkanes of at least 4 members (excludes halogenated alkanes) is 1. The van der Waals surface area contributed by atoms with Crippen LogP contribution in [0, 0.1) is 24.7 Å². The van der Waals surface area contributed by atoms with Crippen LogP contribution < -0.4 is 18.6 Å². The number of nitrogens with one attached hydrogen (secondary N) is 3. The minimum absolute atomic E-state index is 0.0238. The molecule has 0 spiro atoms. The summed E-state index contributed by atoms with van der Waals surface area (Å²) in [5.41, 5.74) is 0. The molecule has 0 unspecified atom stereocenters. The van der Waals surface area contributed by atoms with Gasteiger partial charge in [0.15, 0.2) is 0 Å². The summed E-state index contributed by atoms with van der Waals surface area (Å²) in [4.78, 5) is 45.1. The summed E-state index contributed by atoms with van der Waals surface area (Å²) in [6.07, 6.45) is -0.309. The molecule has 0 aromatic heterocycles. The van der Waals surface area contributed by atoms with E-state index >= 15 is 0 Å². The van der Waals surface area contributed by atoms with Crippen LogP contribution in [0.4, 0.5) is 4.79 Å². The van der Waals surface area contributed by atoms with E-state index in [0.717, 1.165) is 3.27 Å². The van der Waals surface area contributed by atoms with E-state index in [4.69, 9.17) is 10.2 Å². The number of amides is 2. The summed E-state index contributed by atoms with van der Waals surface area (Å²) >= 11 is 1.34. The molecule has 0 fully saturated rings. The molecule has 0 aliphatic carbocycles. The maximum atomic E-state index is 12.2. The summed E-state index contributed by atoms with van der Waals surface area (Å²) < 4.78 is 27.7. The first-order chi connectivity index (χ1) is 14.9. The third kappa shape index (κ3) is 10.3. The molecule has 2 atom stereocenters. The van der Waals surface area contributed by atoms with E-state index in [9.17, 15) is 32.7 Å². The third-order valence-electron chi connectivity index (χ3n) is 4.17. The molecule has 0 saturated carbocycles. The van der Waals surface area contributed by atoms with Crippen LogP contribution in [-0.2, 0) is 24.4 Å². The number of rotatable bonds is 14. The number of hydrogen-bond acceptors (Lipinski definition) is 6. The SMILES string of the molecule is O=C(O)CC[C@H](NC(=O)N[C@@H](CCCCNS(=O)(=O)c1cccc([At])c1)C(=O)O)C(=O)O. The molecule has 6 N–H and O–H groups in total. The van der Waals surface area contributed by atoms with E-state index in [0.29, 0.717) is 6.42 Å². The average Bonchev–Trinajstić information content (AvgIpc) is 2.69. The summed E-state index contributed by atoms with van der Waals surface area (Å²) in [5.74, 6) is -4.03. The zero-order chi connectivity index (χ0) is 24.3. The predicted octanol–water partition coefficient (Wildman–Crippen LogP) is -0.620. The van der Waals surface area contributed by atoms with Crippen LogP contribution in [0.3, 0.4) is 0 Å². The Labute approximate surface area is 199 Å². The number of benzene rings is 1. The van der Waals surface area contributed by atoms with Gasteiger partial charge < -0.3 is 15.5 Å². The fraction of sp³-hybridized carbons (Fsp3) is 0.444. The molecule has 0 heterocycles. The molecule has 1 rings (SSSR count). The van der Waals surface area contributed by atoms with Crippen LogP contribution in [0.5, 0.6) is 0 Å². The number of aliphatic carboxylic acids is 3. The molecule has 32 heavy (non-hydrogen) atoms. The van der Waals surface area contributed by atoms with E-state index in [1.54, 1.807) is 18.2 Å². The van der Waals surface area contributed by atoms with Crippen LogP contribution in [-0.4, -0.2) is 66.3 Å². The van der Waals surface area contributed by atoms with E-state index in [2.05, 4.69) is 10.0 Å². The number of carboxylic acids is 3. The second kappa shape index (κ2) is 13.3. The molecular weight excluding hydrogens is 644 g/mol. The van der Waals surface area contributed by atoms with Crippen molar-refractivity contribution in [2.75, 3.05) is 6.54 Å². The van der Waals surface area contributed by atoms with Crippen LogP contribution in [0.1, 0.15) is 32.1 Å². The summed E-state index contributed by atoms with van der Waals surface area (Å²) in [6.45, 7) is 0.0651. The Morgan fingerprint density at radius 2 is 1.53 bits per heavy atom. The van der Waals surface area contributed by atoms with E-state index in [1.807, 2.05) is 5.32 Å². The minimum Gasteiger partial charge on any atom is -0.480 e. The first-order valence-electron chi connectivity index (χ1n) is 9.42. The Bertz CT molecular complexity index is 939. The first kappa shape index (κ1) is 27.7. The Morgan fingerprint density at radius 1 is 0.938 bits per heavy atom. The molecule has 14 heteroatoms. The molecular formula is C18H24AtN3O9S. The van der Waals surface area contributed by atoms with Crippen LogP contribution in [0.2, 0.25) is 0 Å². The maximum absolute atomic E-state index is 12.2. The second-order valence-electron chi connectivity index (χ2n) is 6.68. The van der Waals surface area contributed by atoms with Crippen molar-refractivity contribution in [2.24, 2.45) is 0 Å². The van der Waals surface area contributed by atoms with Crippen molar-refractivity contribution in [3.63, 3.8) is 0 Å². The van der Waals surface area contributed by atoms with Crippen LogP contribution in [0.15, 0.2) is 29.2 Å². The normalized spacial score (nSPS) is 13.0. The van der Waals surface area contributed by atoms with Crippen LogP contribution >= 0.6 is 0 Å². The van der Waals surface area contributed by atoms with Gasteiger partial charge >= 0.3 is 151 Å². The number of carbonyl (C=O) groups is 4. The van der Waals surface area contributed by atoms with E-state index < -0.39 is 52.5 Å². The Kier molecular flexibility index (Phi) is 11.5. The molecule has 1 aromatic rings. The topological polar surface area (TPSA) is 199 Å². The zero-order valence-corrected chi connectivity index (χ0v) is 20.5. The summed E-state index contributed by atoms with van der Waals surface area (Å²) in [7, 11) is -3.69. The summed E-state index contributed by atoms with van der Waals surface area (Å²) in [6, 6.07) is 2.55. The van der Waals surface area contributed by atoms with Gasteiger partial charge in [-0.3, -0.25) is 4.79 Å². The van der Waals surface area contributed by atoms with Gasteiger partial charge in [-0.25, -0.2) is 9.59 Å². The van der Waals surface area contributed by atoms with E-state index in [-0.39, 0.29) is 30.7 Å². The molecule has 0 bridgehead atoms. The van der Waals surface area contributed by atoms with E-state index in [1.165, 1.54) is 30.8 Å². The molecule has 1 aromatic carbocycles. The van der Waals surface area contributed by atoms with Crippen LogP contribution in [0.25, 0.3) is 0 Å². The minimum atomic E-state index is -3.69. The molecule has 0 aliphatic heterocycles. The standard InChI is InChI=1S/C18H24AtN3O9S/c19-11-4-3-5-12(10-11)32(30,31)20-9-2-1-6-13(16(25)26)21-18(29)22-14(17(27)28)7-8-15(23)24/h3-5,10,13-14,20H,1-2,6-9H2,(H,23,24)(H,25,26)(H,27,28)(H2,21,22,29)/t13-,14-/m0/s1. The molecule has 0 radical (unpaired) electrons. The first-order valence-corrected chi connectivity index (χ1v) is 12.4. The quantitative estimate of drug-likeness (QED) is 0.140. The number of carboxylic acid groups (broad SMARTS) is 3. The fourth-order valence-corrected chi connectivity index (χ4v) is 4.69. The van der Waals surface area contributed by atoms with Gasteiger partial charge in [0.05, 0.1) is 0 Å². The molecule has 2 amide bonds. The van der Waals surface area contributed by atoms with Crippen molar-refractivity contribution in [3.05, 3.63) is 24.3 Å². The number of urea groups is 1. The van der Waals surface area contributed by atoms with Crippen molar-refractivity contribution < 1.29 is 67.6 Å². The van der Waals surface area contributed by atoms with Crippen molar-refractivity contribution in [3.8, 4) is 0 Å². The zero-order valence-electron chi connectivity index (χ0n) is 16.8. The molecule has 0 aliphatic rings. The van der Waals surface area contributed by atoms with Crippen molar-refractivity contribution in [2.45, 2.75) is 49.1 Å². The fourth-order valence-electron chi connectivity index (χ4n) is 2.54. The number of sulfonamides is 1. The number of hydrogen-bond donors (Lipinski definition) is 6. The second-order valence-corrected chi connectivity index (χ2v) is 10.1. The molecule has 178 valence electrons. The van der Waals surface area contributed by atoms with Crippen molar-refractivity contribution in [1.29, 1.82) is 0 Å². The summed E-state index contributed by atoms with van der Waals surface area (Å²) in [5, 5.41) is 31.1. The smallest absolute Gasteiger partial charge is 0.480 e. The average molecular weight is 668 g/mol. The number of carbonyl (C=O) groups excluding carboxylic acids is 1. The van der Waals surface area contributed by atoms with Gasteiger partial charge in [0, 0.05) is 6.42 Å². The molecule has 12 nitrogen and oxygen atoms in total. The molecule has 0 saturated heterocycles. The van der Waals surface area contributed by atoms with Crippen molar-refractivity contribution >= 4 is 37.2 Å². The third-order valence-corrected chi connectivity index (χ3v) is 6.54. The van der Waals surface area contributed by atoms with Gasteiger partial charge in [0.25, 0.3) is 0 Å². The Balaban J connectivity index is 2.49. The van der Waals surface area contributed by atoms with Gasteiger partial charge in [-0.05, 0) is 6.42 Å². The van der Waals surface area contributed by atoms with Crippen molar-refractivity contribution in [1.82, 2.24) is 15.4 Å². The van der Waals surface area contributed by atoms with Gasteiger partial charge in [-0.1, -0.05) is 0 Å². The predicted molar refractivity (Wildman–Crippen MR) is 107 cm³/mol. The Hall–Kier alpha value is -2.31. The monoisotopic (exact) mass is 668 g/mol. The van der Waals surface area contributed by atoms with Gasteiger partial charge in [0.1, 0.15) is 6.04 Å². The van der Waals surface area contributed by atoms with Gasteiger partial charge in [-0.2, -0.15) is 0 Å². The van der Waals surface area contributed by atoms with Gasteiger partial charge in [0.2, 0.25) is 0 Å².